The van der Waals surface area contributed by atoms with Crippen LogP contribution in [0.5, 0.6) is 5.75 Å². The van der Waals surface area contributed by atoms with Gasteiger partial charge in [0.05, 0.1) is 17.0 Å². The number of carbonyl (C=O) groups is 3. The van der Waals surface area contributed by atoms with Crippen molar-refractivity contribution in [2.45, 2.75) is 63.3 Å². The number of carbonyl (C=O) groups excluding carboxylic acids is 3. The molecule has 2 aliphatic rings. The zero-order valence-corrected chi connectivity index (χ0v) is 21.3. The highest BCUT2D eigenvalue weighted by Gasteiger charge is 2.46. The quantitative estimate of drug-likeness (QED) is 0.229. The summed E-state index contributed by atoms with van der Waals surface area (Å²) >= 11 is 0. The molecule has 2 amide bonds. The van der Waals surface area contributed by atoms with Crippen LogP contribution in [0.25, 0.3) is 0 Å². The van der Waals surface area contributed by atoms with Crippen molar-refractivity contribution >= 4 is 33.5 Å². The smallest absolute Gasteiger partial charge is 0.308 e. The number of amides is 2. The van der Waals surface area contributed by atoms with E-state index in [1.165, 1.54) is 53.2 Å². The van der Waals surface area contributed by atoms with Crippen LogP contribution in [0, 0.1) is 6.92 Å². The Bertz CT molecular complexity index is 1280. The lowest BCUT2D eigenvalue weighted by Crippen LogP contribution is -2.46. The minimum atomic E-state index is -4.04. The molecular formula is C27H30N2O6S. The molecule has 36 heavy (non-hydrogen) atoms. The molecule has 8 nitrogen and oxygen atoms in total. The highest BCUT2D eigenvalue weighted by Crippen LogP contribution is 2.31. The molecule has 2 aromatic carbocycles. The zero-order chi connectivity index (χ0) is 25.9. The van der Waals surface area contributed by atoms with Gasteiger partial charge in [-0.1, -0.05) is 29.3 Å². The van der Waals surface area contributed by atoms with Gasteiger partial charge >= 0.3 is 5.97 Å². The number of anilines is 1. The first-order valence-corrected chi connectivity index (χ1v) is 13.5. The van der Waals surface area contributed by atoms with Crippen LogP contribution in [0.3, 0.4) is 0 Å². The molecule has 1 saturated heterocycles. The lowest BCUT2D eigenvalue weighted by Gasteiger charge is -2.28. The van der Waals surface area contributed by atoms with Crippen LogP contribution in [0.15, 0.2) is 65.1 Å². The van der Waals surface area contributed by atoms with Gasteiger partial charge < -0.3 is 4.74 Å². The lowest BCUT2D eigenvalue weighted by molar-refractivity contribution is -0.132. The van der Waals surface area contributed by atoms with Gasteiger partial charge in [-0.2, -0.15) is 4.31 Å². The van der Waals surface area contributed by atoms with Crippen LogP contribution >= 0.6 is 0 Å². The first kappa shape index (κ1) is 25.8. The summed E-state index contributed by atoms with van der Waals surface area (Å²) < 4.78 is 33.7. The second-order valence-corrected chi connectivity index (χ2v) is 11.1. The minimum absolute atomic E-state index is 0.0927. The molecule has 4 rings (SSSR count). The number of ether oxygens (including phenoxy) is 1. The summed E-state index contributed by atoms with van der Waals surface area (Å²) in [7, 11) is -4.04. The number of aryl methyl sites for hydroxylation is 1. The van der Waals surface area contributed by atoms with Gasteiger partial charge in [-0.05, 0) is 75.4 Å². The molecule has 1 aliphatic carbocycles. The first-order valence-electron chi connectivity index (χ1n) is 12.1. The van der Waals surface area contributed by atoms with E-state index in [1.54, 1.807) is 12.1 Å². The number of allylic oxidation sites excluding steroid dienone is 1. The Morgan fingerprint density at radius 2 is 1.75 bits per heavy atom. The Morgan fingerprint density at radius 1 is 1.06 bits per heavy atom. The monoisotopic (exact) mass is 510 g/mol. The van der Waals surface area contributed by atoms with E-state index in [2.05, 4.69) is 6.08 Å². The van der Waals surface area contributed by atoms with E-state index in [0.29, 0.717) is 12.1 Å². The molecule has 0 bridgehead atoms. The predicted molar refractivity (Wildman–Crippen MR) is 135 cm³/mol. The molecule has 1 aliphatic heterocycles. The zero-order valence-electron chi connectivity index (χ0n) is 20.5. The largest absolute Gasteiger partial charge is 0.427 e. The predicted octanol–water partition coefficient (Wildman–Crippen LogP) is 4.13. The minimum Gasteiger partial charge on any atom is -0.427 e. The number of rotatable bonds is 8. The van der Waals surface area contributed by atoms with Crippen LogP contribution in [-0.4, -0.2) is 43.1 Å². The van der Waals surface area contributed by atoms with Crippen LogP contribution in [0.4, 0.5) is 5.69 Å². The fourth-order valence-electron chi connectivity index (χ4n) is 4.62. The van der Waals surface area contributed by atoms with Gasteiger partial charge in [-0.3, -0.25) is 14.4 Å². The maximum atomic E-state index is 13.7. The SMILES string of the molecule is CC(=O)Oc1ccc(N2C(=O)CC(N(CCC3=CCCCC3)S(=O)(=O)c3ccc(C)cc3)C2=O)cc1. The molecule has 190 valence electrons. The summed E-state index contributed by atoms with van der Waals surface area (Å²) in [6.07, 6.45) is 6.49. The van der Waals surface area contributed by atoms with Crippen molar-refractivity contribution in [3.63, 3.8) is 0 Å². The number of imide groups is 1. The van der Waals surface area contributed by atoms with E-state index in [-0.39, 0.29) is 23.6 Å². The van der Waals surface area contributed by atoms with Gasteiger partial charge in [-0.15, -0.1) is 0 Å². The average Bonchev–Trinajstić information content (AvgIpc) is 3.13. The van der Waals surface area contributed by atoms with E-state index in [1.807, 2.05) is 6.92 Å². The Hall–Kier alpha value is -3.30. The molecule has 0 aromatic heterocycles. The van der Waals surface area contributed by atoms with Gasteiger partial charge in [0, 0.05) is 13.5 Å². The van der Waals surface area contributed by atoms with Crippen LogP contribution in [0.2, 0.25) is 0 Å². The molecule has 0 N–H and O–H groups in total. The van der Waals surface area contributed by atoms with Crippen molar-refractivity contribution in [2.24, 2.45) is 0 Å². The molecule has 0 saturated carbocycles. The van der Waals surface area contributed by atoms with E-state index in [4.69, 9.17) is 4.74 Å². The third-order valence-electron chi connectivity index (χ3n) is 6.49. The summed E-state index contributed by atoms with van der Waals surface area (Å²) in [6.45, 7) is 3.26. The van der Waals surface area contributed by atoms with Gasteiger partial charge in [0.15, 0.2) is 0 Å². The van der Waals surface area contributed by atoms with Crippen LogP contribution in [0.1, 0.15) is 51.0 Å². The third-order valence-corrected chi connectivity index (χ3v) is 8.42. The third kappa shape index (κ3) is 5.57. The molecule has 9 heteroatoms. The van der Waals surface area contributed by atoms with Crippen molar-refractivity contribution in [1.82, 2.24) is 4.31 Å². The van der Waals surface area contributed by atoms with Crippen molar-refractivity contribution in [3.05, 3.63) is 65.7 Å². The standard InChI is InChI=1S/C27H30N2O6S/c1-19-8-14-24(15-9-19)36(33,34)28(17-16-21-6-4-3-5-7-21)25-18-26(31)29(27(25)32)22-10-12-23(13-11-22)35-20(2)30/h6,8-15,25H,3-5,7,16-18H2,1-2H3. The van der Waals surface area contributed by atoms with E-state index < -0.39 is 33.8 Å². The Labute approximate surface area is 211 Å². The van der Waals surface area contributed by atoms with E-state index in [0.717, 1.165) is 36.1 Å². The molecule has 1 heterocycles. The number of sulfonamides is 1. The molecule has 0 spiro atoms. The Morgan fingerprint density at radius 3 is 2.36 bits per heavy atom. The van der Waals surface area contributed by atoms with E-state index >= 15 is 0 Å². The molecular weight excluding hydrogens is 480 g/mol. The molecule has 1 fully saturated rings. The topological polar surface area (TPSA) is 101 Å². The van der Waals surface area contributed by atoms with E-state index in [9.17, 15) is 22.8 Å². The first-order chi connectivity index (χ1) is 17.2. The molecule has 0 radical (unpaired) electrons. The summed E-state index contributed by atoms with van der Waals surface area (Å²) in [5.41, 5.74) is 2.40. The second kappa shape index (κ2) is 10.8. The van der Waals surface area contributed by atoms with Crippen LogP contribution < -0.4 is 9.64 Å². The highest BCUT2D eigenvalue weighted by molar-refractivity contribution is 7.89. The molecule has 1 unspecified atom stereocenters. The highest BCUT2D eigenvalue weighted by atomic mass is 32.2. The Balaban J connectivity index is 1.63. The van der Waals surface area contributed by atoms with Gasteiger partial charge in [0.2, 0.25) is 15.9 Å². The van der Waals surface area contributed by atoms with Crippen molar-refractivity contribution in [1.29, 1.82) is 0 Å². The summed E-state index contributed by atoms with van der Waals surface area (Å²) in [6, 6.07) is 11.3. The Kier molecular flexibility index (Phi) is 7.70. The van der Waals surface area contributed by atoms with Crippen molar-refractivity contribution in [2.75, 3.05) is 11.4 Å². The van der Waals surface area contributed by atoms with Crippen molar-refractivity contribution in [3.8, 4) is 5.75 Å². The second-order valence-electron chi connectivity index (χ2n) is 9.16. The number of hydrogen-bond donors (Lipinski definition) is 0. The molecule has 1 atom stereocenters. The average molecular weight is 511 g/mol. The molecule has 2 aromatic rings. The normalized spacial score (nSPS) is 18.5. The lowest BCUT2D eigenvalue weighted by atomic mass is 9.97. The number of benzene rings is 2. The van der Waals surface area contributed by atoms with Crippen LogP contribution in [-0.2, 0) is 24.4 Å². The number of esters is 1. The maximum Gasteiger partial charge on any atom is 0.308 e. The summed E-state index contributed by atoms with van der Waals surface area (Å²) in [5, 5.41) is 0. The number of nitrogens with zero attached hydrogens (tertiary/aromatic N) is 2. The fourth-order valence-corrected chi connectivity index (χ4v) is 6.20. The van der Waals surface area contributed by atoms with Gasteiger partial charge in [0.1, 0.15) is 11.8 Å². The number of hydrogen-bond acceptors (Lipinski definition) is 6. The summed E-state index contributed by atoms with van der Waals surface area (Å²) in [5.74, 6) is -1.27. The summed E-state index contributed by atoms with van der Waals surface area (Å²) in [4.78, 5) is 38.7. The van der Waals surface area contributed by atoms with Crippen molar-refractivity contribution < 1.29 is 27.5 Å². The maximum absolute atomic E-state index is 13.7. The van der Waals surface area contributed by atoms with Gasteiger partial charge in [-0.25, -0.2) is 13.3 Å². The fraction of sp³-hybridized carbons (Fsp3) is 0.370. The van der Waals surface area contributed by atoms with Gasteiger partial charge in [0.25, 0.3) is 5.91 Å².